The Hall–Kier alpha value is -1.46. The summed E-state index contributed by atoms with van der Waals surface area (Å²) >= 11 is 0. The van der Waals surface area contributed by atoms with Crippen molar-refractivity contribution in [3.8, 4) is 0 Å². The Morgan fingerprint density at radius 2 is 2.15 bits per heavy atom. The average Bonchev–Trinajstić information content (AvgIpc) is 2.47. The van der Waals surface area contributed by atoms with Crippen molar-refractivity contribution in [2.75, 3.05) is 13.1 Å². The Balaban J connectivity index is 2.25. The molecule has 0 aliphatic carbocycles. The van der Waals surface area contributed by atoms with Crippen molar-refractivity contribution in [3.63, 3.8) is 0 Å². The van der Waals surface area contributed by atoms with Crippen molar-refractivity contribution in [2.45, 2.75) is 38.8 Å². The molecular formula is C15H23N3O2. The zero-order chi connectivity index (χ0) is 14.7. The lowest BCUT2D eigenvalue weighted by Gasteiger charge is -2.41. The number of hydrogen-bond acceptors (Lipinski definition) is 4. The number of piperidine rings is 1. The molecule has 1 aromatic rings. The summed E-state index contributed by atoms with van der Waals surface area (Å²) in [6.07, 6.45) is 2.25. The van der Waals surface area contributed by atoms with Gasteiger partial charge in [0, 0.05) is 30.3 Å². The molecule has 0 bridgehead atoms. The van der Waals surface area contributed by atoms with Gasteiger partial charge in [-0.15, -0.1) is 0 Å². The highest BCUT2D eigenvalue weighted by molar-refractivity contribution is 5.41. The molecule has 0 aromatic heterocycles. The Morgan fingerprint density at radius 3 is 2.80 bits per heavy atom. The van der Waals surface area contributed by atoms with Crippen LogP contribution < -0.4 is 5.73 Å². The highest BCUT2D eigenvalue weighted by Gasteiger charge is 2.31. The van der Waals surface area contributed by atoms with Crippen molar-refractivity contribution in [2.24, 2.45) is 11.7 Å². The van der Waals surface area contributed by atoms with Crippen LogP contribution in [0.2, 0.25) is 0 Å². The predicted molar refractivity (Wildman–Crippen MR) is 79.5 cm³/mol. The van der Waals surface area contributed by atoms with E-state index in [1.807, 2.05) is 12.1 Å². The molecule has 3 atom stereocenters. The zero-order valence-corrected chi connectivity index (χ0v) is 12.2. The van der Waals surface area contributed by atoms with Crippen LogP contribution in [0.3, 0.4) is 0 Å². The molecule has 20 heavy (non-hydrogen) atoms. The number of para-hydroxylation sites is 1. The number of nitrogens with zero attached hydrogens (tertiary/aromatic N) is 2. The van der Waals surface area contributed by atoms with Gasteiger partial charge < -0.3 is 5.73 Å². The van der Waals surface area contributed by atoms with E-state index in [-0.39, 0.29) is 16.7 Å². The molecule has 0 spiro atoms. The van der Waals surface area contributed by atoms with Crippen LogP contribution in [0, 0.1) is 16.0 Å². The smallest absolute Gasteiger partial charge is 0.274 e. The first kappa shape index (κ1) is 14.9. The van der Waals surface area contributed by atoms with E-state index in [0.717, 1.165) is 24.9 Å². The third kappa shape index (κ3) is 2.99. The Kier molecular flexibility index (Phi) is 4.73. The van der Waals surface area contributed by atoms with Gasteiger partial charge >= 0.3 is 0 Å². The van der Waals surface area contributed by atoms with Crippen LogP contribution in [0.5, 0.6) is 0 Å². The minimum absolute atomic E-state index is 0.0425. The normalized spacial score (nSPS) is 25.4. The molecule has 0 radical (unpaired) electrons. The highest BCUT2D eigenvalue weighted by Crippen LogP contribution is 2.34. The van der Waals surface area contributed by atoms with E-state index in [2.05, 4.69) is 18.7 Å². The number of nitro benzene ring substituents is 1. The van der Waals surface area contributed by atoms with E-state index in [1.54, 1.807) is 12.1 Å². The highest BCUT2D eigenvalue weighted by atomic mass is 16.6. The first-order valence-electron chi connectivity index (χ1n) is 7.23. The van der Waals surface area contributed by atoms with Gasteiger partial charge in [0.05, 0.1) is 4.92 Å². The Bertz CT molecular complexity index is 478. The lowest BCUT2D eigenvalue weighted by atomic mass is 9.90. The molecule has 0 amide bonds. The molecular weight excluding hydrogens is 254 g/mol. The first-order valence-corrected chi connectivity index (χ1v) is 7.23. The summed E-state index contributed by atoms with van der Waals surface area (Å²) in [6.45, 7) is 5.85. The lowest BCUT2D eigenvalue weighted by Crippen LogP contribution is -2.45. The van der Waals surface area contributed by atoms with Crippen LogP contribution in [0.1, 0.15) is 38.3 Å². The maximum absolute atomic E-state index is 11.2. The SMILES string of the molecule is CC1CCC(CN)CN1C(C)c1ccccc1[N+](=O)[O-]. The van der Waals surface area contributed by atoms with Gasteiger partial charge in [0.15, 0.2) is 0 Å². The van der Waals surface area contributed by atoms with E-state index in [9.17, 15) is 10.1 Å². The molecule has 3 unspecified atom stereocenters. The van der Waals surface area contributed by atoms with Crippen LogP contribution in [0.4, 0.5) is 5.69 Å². The van der Waals surface area contributed by atoms with Gasteiger partial charge in [-0.25, -0.2) is 0 Å². The lowest BCUT2D eigenvalue weighted by molar-refractivity contribution is -0.386. The van der Waals surface area contributed by atoms with Gasteiger partial charge in [0.1, 0.15) is 0 Å². The fraction of sp³-hybridized carbons (Fsp3) is 0.600. The maximum Gasteiger partial charge on any atom is 0.274 e. The fourth-order valence-corrected chi connectivity index (χ4v) is 3.13. The standard InChI is InChI=1S/C15H23N3O2/c1-11-7-8-13(9-16)10-17(11)12(2)14-5-3-4-6-15(14)18(19)20/h3-6,11-13H,7-10,16H2,1-2H3. The number of rotatable bonds is 4. The predicted octanol–water partition coefficient (Wildman–Crippen LogP) is 2.72. The molecule has 1 aliphatic rings. The van der Waals surface area contributed by atoms with Gasteiger partial charge in [0.2, 0.25) is 0 Å². The summed E-state index contributed by atoms with van der Waals surface area (Å²) in [7, 11) is 0. The summed E-state index contributed by atoms with van der Waals surface area (Å²) in [5, 5.41) is 11.2. The molecule has 1 aliphatic heterocycles. The minimum atomic E-state index is -0.291. The van der Waals surface area contributed by atoms with Crippen molar-refractivity contribution >= 4 is 5.69 Å². The largest absolute Gasteiger partial charge is 0.330 e. The van der Waals surface area contributed by atoms with Crippen LogP contribution in [0.15, 0.2) is 24.3 Å². The molecule has 0 saturated carbocycles. The van der Waals surface area contributed by atoms with Crippen molar-refractivity contribution < 1.29 is 4.92 Å². The van der Waals surface area contributed by atoms with E-state index in [1.165, 1.54) is 0 Å². The molecule has 1 aromatic carbocycles. The number of nitro groups is 1. The number of nitrogens with two attached hydrogens (primary N) is 1. The second-order valence-corrected chi connectivity index (χ2v) is 5.72. The average molecular weight is 277 g/mol. The molecule has 2 N–H and O–H groups in total. The Morgan fingerprint density at radius 1 is 1.45 bits per heavy atom. The molecule has 2 rings (SSSR count). The van der Waals surface area contributed by atoms with Gasteiger partial charge in [-0.2, -0.15) is 0 Å². The van der Waals surface area contributed by atoms with E-state index >= 15 is 0 Å². The van der Waals surface area contributed by atoms with Crippen molar-refractivity contribution in [1.82, 2.24) is 4.90 Å². The summed E-state index contributed by atoms with van der Waals surface area (Å²) < 4.78 is 0. The van der Waals surface area contributed by atoms with Crippen LogP contribution >= 0.6 is 0 Å². The number of hydrogen-bond donors (Lipinski definition) is 1. The van der Waals surface area contributed by atoms with Crippen LogP contribution in [0.25, 0.3) is 0 Å². The first-order chi connectivity index (χ1) is 9.54. The van der Waals surface area contributed by atoms with E-state index in [4.69, 9.17) is 5.73 Å². The second-order valence-electron chi connectivity index (χ2n) is 5.72. The monoisotopic (exact) mass is 277 g/mol. The fourth-order valence-electron chi connectivity index (χ4n) is 3.13. The second kappa shape index (κ2) is 6.33. The van der Waals surface area contributed by atoms with Gasteiger partial charge in [-0.1, -0.05) is 18.2 Å². The Labute approximate surface area is 119 Å². The molecule has 1 heterocycles. The summed E-state index contributed by atoms with van der Waals surface area (Å²) in [6, 6.07) is 7.51. The topological polar surface area (TPSA) is 72.4 Å². The zero-order valence-electron chi connectivity index (χ0n) is 12.2. The quantitative estimate of drug-likeness (QED) is 0.678. The van der Waals surface area contributed by atoms with Gasteiger partial charge in [-0.05, 0) is 39.2 Å². The molecule has 5 nitrogen and oxygen atoms in total. The number of likely N-dealkylation sites (tertiary alicyclic amines) is 1. The minimum Gasteiger partial charge on any atom is -0.330 e. The molecule has 1 saturated heterocycles. The van der Waals surface area contributed by atoms with Crippen molar-refractivity contribution in [1.29, 1.82) is 0 Å². The van der Waals surface area contributed by atoms with Crippen molar-refractivity contribution in [3.05, 3.63) is 39.9 Å². The molecule has 5 heteroatoms. The third-order valence-electron chi connectivity index (χ3n) is 4.44. The van der Waals surface area contributed by atoms with Crippen LogP contribution in [-0.4, -0.2) is 29.0 Å². The molecule has 110 valence electrons. The summed E-state index contributed by atoms with van der Waals surface area (Å²) in [5.41, 5.74) is 6.80. The number of benzene rings is 1. The molecule has 1 fully saturated rings. The summed E-state index contributed by atoms with van der Waals surface area (Å²) in [5.74, 6) is 0.497. The van der Waals surface area contributed by atoms with Gasteiger partial charge in [0.25, 0.3) is 5.69 Å². The summed E-state index contributed by atoms with van der Waals surface area (Å²) in [4.78, 5) is 13.2. The van der Waals surface area contributed by atoms with Crippen LogP contribution in [-0.2, 0) is 0 Å². The van der Waals surface area contributed by atoms with Gasteiger partial charge in [-0.3, -0.25) is 15.0 Å². The maximum atomic E-state index is 11.2. The van der Waals surface area contributed by atoms with E-state index in [0.29, 0.717) is 18.5 Å². The van der Waals surface area contributed by atoms with E-state index < -0.39 is 0 Å². The third-order valence-corrected chi connectivity index (χ3v) is 4.44.